The molecule has 3 nitrogen and oxygen atoms in total. The topological polar surface area (TPSA) is 23.6 Å². The highest BCUT2D eigenvalue weighted by Crippen LogP contribution is 2.15. The zero-order chi connectivity index (χ0) is 23.0. The van der Waals surface area contributed by atoms with Crippen LogP contribution in [0.1, 0.15) is 142 Å². The van der Waals surface area contributed by atoms with Crippen LogP contribution in [-0.4, -0.2) is 42.4 Å². The first-order valence-electron chi connectivity index (χ1n) is 13.7. The van der Waals surface area contributed by atoms with E-state index in [-0.39, 0.29) is 5.91 Å². The number of hydrogen-bond acceptors (Lipinski definition) is 2. The lowest BCUT2D eigenvalue weighted by atomic mass is 10.0. The fraction of sp³-hybridized carbons (Fsp3) is 0.963. The quantitative estimate of drug-likeness (QED) is 0.106. The second-order valence-corrected chi connectivity index (χ2v) is 10.2. The molecule has 0 aliphatic carbocycles. The molecule has 0 aliphatic heterocycles. The van der Waals surface area contributed by atoms with E-state index in [1.165, 1.54) is 114 Å². The van der Waals surface area contributed by atoms with Gasteiger partial charge in [-0.1, -0.05) is 122 Å². The molecule has 4 heteroatoms. The maximum atomic E-state index is 12.0. The van der Waals surface area contributed by atoms with Gasteiger partial charge in [-0.05, 0) is 33.5 Å². The third kappa shape index (κ3) is 24.2. The first-order valence-corrected chi connectivity index (χ1v) is 14.0. The van der Waals surface area contributed by atoms with Crippen LogP contribution in [-0.2, 0) is 4.79 Å². The molecular formula is C27H55ClN2O. The summed E-state index contributed by atoms with van der Waals surface area (Å²) in [5.41, 5.74) is 0. The van der Waals surface area contributed by atoms with E-state index in [2.05, 4.69) is 11.8 Å². The third-order valence-corrected chi connectivity index (χ3v) is 6.58. The van der Waals surface area contributed by atoms with Crippen LogP contribution in [0.2, 0.25) is 0 Å². The van der Waals surface area contributed by atoms with Gasteiger partial charge in [-0.3, -0.25) is 9.21 Å². The average Bonchev–Trinajstić information content (AvgIpc) is 2.74. The molecule has 0 aromatic heterocycles. The van der Waals surface area contributed by atoms with E-state index < -0.39 is 0 Å². The van der Waals surface area contributed by atoms with E-state index in [1.807, 2.05) is 14.1 Å². The van der Waals surface area contributed by atoms with Crippen LogP contribution in [0.4, 0.5) is 0 Å². The summed E-state index contributed by atoms with van der Waals surface area (Å²) in [7, 11) is 4.08. The molecule has 0 radical (unpaired) electrons. The third-order valence-electron chi connectivity index (χ3n) is 6.22. The first kappa shape index (κ1) is 30.7. The standard InChI is InChI=1S/C27H55ClN2O/c1-4-5-6-7-8-9-10-11-12-13-14-15-16-17-18-19-20-21-22-24-27(31)30(28)26-23-25-29(2)3/h4-26H2,1-3H3. The van der Waals surface area contributed by atoms with Gasteiger partial charge in [0.1, 0.15) is 0 Å². The van der Waals surface area contributed by atoms with Crippen molar-refractivity contribution in [3.05, 3.63) is 0 Å². The number of halogens is 1. The van der Waals surface area contributed by atoms with Crippen molar-refractivity contribution < 1.29 is 4.79 Å². The molecule has 186 valence electrons. The fourth-order valence-corrected chi connectivity index (χ4v) is 4.33. The predicted octanol–water partition coefficient (Wildman–Crippen LogP) is 8.74. The molecular weight excluding hydrogens is 404 g/mol. The molecule has 0 saturated heterocycles. The second kappa shape index (κ2) is 24.4. The van der Waals surface area contributed by atoms with Crippen molar-refractivity contribution in [3.8, 4) is 0 Å². The van der Waals surface area contributed by atoms with Gasteiger partial charge >= 0.3 is 0 Å². The average molecular weight is 459 g/mol. The van der Waals surface area contributed by atoms with Gasteiger partial charge in [0.2, 0.25) is 5.91 Å². The van der Waals surface area contributed by atoms with Gasteiger partial charge in [0, 0.05) is 24.7 Å². The Morgan fingerprint density at radius 1 is 0.548 bits per heavy atom. The van der Waals surface area contributed by atoms with Crippen molar-refractivity contribution in [2.75, 3.05) is 27.2 Å². The highest BCUT2D eigenvalue weighted by atomic mass is 35.5. The highest BCUT2D eigenvalue weighted by molar-refractivity contribution is 6.21. The van der Waals surface area contributed by atoms with E-state index in [1.54, 1.807) is 0 Å². The minimum atomic E-state index is 0.0902. The first-order chi connectivity index (χ1) is 15.1. The van der Waals surface area contributed by atoms with Crippen molar-refractivity contribution in [3.63, 3.8) is 0 Å². The van der Waals surface area contributed by atoms with E-state index in [9.17, 15) is 4.79 Å². The Bertz CT molecular complexity index is 376. The molecule has 0 fully saturated rings. The lowest BCUT2D eigenvalue weighted by molar-refractivity contribution is -0.126. The Balaban J connectivity index is 3.20. The normalized spacial score (nSPS) is 11.4. The molecule has 0 saturated carbocycles. The number of rotatable bonds is 24. The van der Waals surface area contributed by atoms with Gasteiger partial charge in [-0.2, -0.15) is 0 Å². The molecule has 0 spiro atoms. The van der Waals surface area contributed by atoms with Crippen LogP contribution in [0.5, 0.6) is 0 Å². The Morgan fingerprint density at radius 2 is 0.903 bits per heavy atom. The van der Waals surface area contributed by atoms with Crippen LogP contribution < -0.4 is 0 Å². The summed E-state index contributed by atoms with van der Waals surface area (Å²) >= 11 is 6.07. The number of unbranched alkanes of at least 4 members (excludes halogenated alkanes) is 18. The van der Waals surface area contributed by atoms with Crippen LogP contribution in [0.3, 0.4) is 0 Å². The zero-order valence-electron chi connectivity index (χ0n) is 21.4. The molecule has 0 aromatic rings. The molecule has 0 unspecified atom stereocenters. The molecule has 0 aliphatic rings. The Labute approximate surface area is 200 Å². The predicted molar refractivity (Wildman–Crippen MR) is 139 cm³/mol. The number of carbonyl (C=O) groups excluding carboxylic acids is 1. The summed E-state index contributed by atoms with van der Waals surface area (Å²) in [5, 5.41) is 0. The zero-order valence-corrected chi connectivity index (χ0v) is 22.2. The van der Waals surface area contributed by atoms with Crippen LogP contribution >= 0.6 is 11.8 Å². The maximum Gasteiger partial charge on any atom is 0.236 e. The Hall–Kier alpha value is -0.280. The molecule has 0 N–H and O–H groups in total. The summed E-state index contributed by atoms with van der Waals surface area (Å²) < 4.78 is 1.39. The van der Waals surface area contributed by atoms with Crippen molar-refractivity contribution >= 4 is 17.7 Å². The molecule has 1 amide bonds. The monoisotopic (exact) mass is 458 g/mol. The smallest absolute Gasteiger partial charge is 0.236 e. The van der Waals surface area contributed by atoms with Gasteiger partial charge in [-0.15, -0.1) is 0 Å². The molecule has 31 heavy (non-hydrogen) atoms. The minimum Gasteiger partial charge on any atom is -0.309 e. The minimum absolute atomic E-state index is 0.0902. The van der Waals surface area contributed by atoms with E-state index in [4.69, 9.17) is 11.8 Å². The summed E-state index contributed by atoms with van der Waals surface area (Å²) in [4.78, 5) is 14.1. The van der Waals surface area contributed by atoms with Crippen LogP contribution in [0, 0.1) is 0 Å². The molecule has 0 aromatic carbocycles. The maximum absolute atomic E-state index is 12.0. The van der Waals surface area contributed by atoms with Gasteiger partial charge < -0.3 is 4.90 Å². The largest absolute Gasteiger partial charge is 0.309 e. The van der Waals surface area contributed by atoms with Crippen LogP contribution in [0.15, 0.2) is 0 Å². The summed E-state index contributed by atoms with van der Waals surface area (Å²) in [5.74, 6) is 0.0902. The van der Waals surface area contributed by atoms with E-state index >= 15 is 0 Å². The number of nitrogens with zero attached hydrogens (tertiary/aromatic N) is 2. The van der Waals surface area contributed by atoms with Crippen molar-refractivity contribution in [2.24, 2.45) is 0 Å². The van der Waals surface area contributed by atoms with Crippen LogP contribution in [0.25, 0.3) is 0 Å². The Kier molecular flexibility index (Phi) is 24.1. The second-order valence-electron chi connectivity index (χ2n) is 9.75. The van der Waals surface area contributed by atoms with Gasteiger partial charge in [0.25, 0.3) is 0 Å². The summed E-state index contributed by atoms with van der Waals surface area (Å²) in [6.45, 7) is 3.91. The van der Waals surface area contributed by atoms with E-state index in [0.717, 1.165) is 25.8 Å². The molecule has 0 bridgehead atoms. The number of hydrogen-bond donors (Lipinski definition) is 0. The molecule has 0 heterocycles. The van der Waals surface area contributed by atoms with E-state index in [0.29, 0.717) is 13.0 Å². The summed E-state index contributed by atoms with van der Waals surface area (Å²) in [6.07, 6.45) is 27.6. The summed E-state index contributed by atoms with van der Waals surface area (Å²) in [6, 6.07) is 0. The van der Waals surface area contributed by atoms with Gasteiger partial charge in [0.05, 0.1) is 0 Å². The highest BCUT2D eigenvalue weighted by Gasteiger charge is 2.10. The van der Waals surface area contributed by atoms with Gasteiger partial charge in [0.15, 0.2) is 0 Å². The SMILES string of the molecule is CCCCCCCCCCCCCCCCCCCCCC(=O)N(Cl)CCCN(C)C. The van der Waals surface area contributed by atoms with Crippen molar-refractivity contribution in [2.45, 2.75) is 142 Å². The molecule has 0 rings (SSSR count). The van der Waals surface area contributed by atoms with Gasteiger partial charge in [-0.25, -0.2) is 0 Å². The fourth-order valence-electron chi connectivity index (χ4n) is 4.13. The van der Waals surface area contributed by atoms with Crippen molar-refractivity contribution in [1.29, 1.82) is 0 Å². The lowest BCUT2D eigenvalue weighted by Gasteiger charge is -2.15. The number of carbonyl (C=O) groups is 1. The Morgan fingerprint density at radius 3 is 1.26 bits per heavy atom. The van der Waals surface area contributed by atoms with Crippen molar-refractivity contribution in [1.82, 2.24) is 9.32 Å². The molecule has 0 atom stereocenters. The lowest BCUT2D eigenvalue weighted by Crippen LogP contribution is -2.25. The number of amides is 1.